The van der Waals surface area contributed by atoms with E-state index in [1.807, 2.05) is 0 Å². The molecule has 2 N–H and O–H groups in total. The van der Waals surface area contributed by atoms with Gasteiger partial charge in [-0.1, -0.05) is 19.3 Å². The summed E-state index contributed by atoms with van der Waals surface area (Å²) in [6.07, 6.45) is 6.88. The lowest BCUT2D eigenvalue weighted by molar-refractivity contribution is -0.143. The summed E-state index contributed by atoms with van der Waals surface area (Å²) in [5, 5.41) is 11.7. The second kappa shape index (κ2) is 8.17. The van der Waals surface area contributed by atoms with Crippen molar-refractivity contribution in [2.24, 2.45) is 5.92 Å². The average Bonchev–Trinajstić information content (AvgIpc) is 2.59. The lowest BCUT2D eigenvalue weighted by Crippen LogP contribution is -2.50. The Bertz CT molecular complexity index is 449. The molecule has 0 spiro atoms. The first-order valence-corrected chi connectivity index (χ1v) is 8.50. The number of carbonyl (C=O) groups excluding carboxylic acids is 2. The summed E-state index contributed by atoms with van der Waals surface area (Å²) in [5.41, 5.74) is 0. The number of urea groups is 1. The SMILES string of the molecule is CN(C(=O)CNC(=O)N1CCCC(C(=O)O)C1)C1CCCCC1. The highest BCUT2D eigenvalue weighted by atomic mass is 16.4. The Hall–Kier alpha value is -1.79. The van der Waals surface area contributed by atoms with Gasteiger partial charge in [-0.05, 0) is 25.7 Å². The van der Waals surface area contributed by atoms with Gasteiger partial charge in [0, 0.05) is 26.2 Å². The fraction of sp³-hybridized carbons (Fsp3) is 0.812. The van der Waals surface area contributed by atoms with Crippen molar-refractivity contribution in [3.05, 3.63) is 0 Å². The van der Waals surface area contributed by atoms with Crippen LogP contribution in [0.5, 0.6) is 0 Å². The molecule has 130 valence electrons. The summed E-state index contributed by atoms with van der Waals surface area (Å²) >= 11 is 0. The molecule has 23 heavy (non-hydrogen) atoms. The van der Waals surface area contributed by atoms with Crippen LogP contribution in [0.3, 0.4) is 0 Å². The maximum absolute atomic E-state index is 12.2. The van der Waals surface area contributed by atoms with Gasteiger partial charge in [0.05, 0.1) is 12.5 Å². The number of piperidine rings is 1. The molecule has 0 bridgehead atoms. The largest absolute Gasteiger partial charge is 0.481 e. The lowest BCUT2D eigenvalue weighted by Gasteiger charge is -2.32. The summed E-state index contributed by atoms with van der Waals surface area (Å²) < 4.78 is 0. The number of carboxylic acid groups (broad SMARTS) is 1. The number of likely N-dealkylation sites (tertiary alicyclic amines) is 1. The number of carboxylic acids is 1. The number of rotatable bonds is 4. The van der Waals surface area contributed by atoms with Crippen molar-refractivity contribution in [1.82, 2.24) is 15.1 Å². The molecule has 1 aliphatic heterocycles. The predicted molar refractivity (Wildman–Crippen MR) is 85.0 cm³/mol. The third kappa shape index (κ3) is 4.84. The number of nitrogens with zero attached hydrogens (tertiary/aromatic N) is 2. The molecule has 1 unspecified atom stereocenters. The topological polar surface area (TPSA) is 90.0 Å². The van der Waals surface area contributed by atoms with Crippen LogP contribution in [0.2, 0.25) is 0 Å². The molecule has 0 aromatic rings. The Kier molecular flexibility index (Phi) is 6.24. The fourth-order valence-electron chi connectivity index (χ4n) is 3.42. The molecule has 1 atom stereocenters. The number of nitrogens with one attached hydrogen (secondary N) is 1. The number of carbonyl (C=O) groups is 3. The fourth-order valence-corrected chi connectivity index (χ4v) is 3.42. The zero-order valence-electron chi connectivity index (χ0n) is 13.8. The van der Waals surface area contributed by atoms with Crippen LogP contribution < -0.4 is 5.32 Å². The number of hydrogen-bond acceptors (Lipinski definition) is 3. The highest BCUT2D eigenvalue weighted by Crippen LogP contribution is 2.21. The van der Waals surface area contributed by atoms with Crippen LogP contribution in [0.1, 0.15) is 44.9 Å². The Balaban J connectivity index is 1.76. The molecule has 0 radical (unpaired) electrons. The van der Waals surface area contributed by atoms with Crippen LogP contribution in [-0.2, 0) is 9.59 Å². The molecule has 1 saturated carbocycles. The molecule has 2 rings (SSSR count). The Morgan fingerprint density at radius 2 is 1.83 bits per heavy atom. The van der Waals surface area contributed by atoms with Gasteiger partial charge in [0.25, 0.3) is 0 Å². The van der Waals surface area contributed by atoms with Crippen molar-refractivity contribution in [2.75, 3.05) is 26.7 Å². The van der Waals surface area contributed by atoms with E-state index in [-0.39, 0.29) is 31.1 Å². The summed E-state index contributed by atoms with van der Waals surface area (Å²) in [6.45, 7) is 0.732. The van der Waals surface area contributed by atoms with E-state index in [9.17, 15) is 14.4 Å². The predicted octanol–water partition coefficient (Wildman–Crippen LogP) is 1.28. The second-order valence-electron chi connectivity index (χ2n) is 6.58. The monoisotopic (exact) mass is 325 g/mol. The van der Waals surface area contributed by atoms with Crippen LogP contribution in [0.25, 0.3) is 0 Å². The normalized spacial score (nSPS) is 22.5. The van der Waals surface area contributed by atoms with E-state index in [0.29, 0.717) is 19.4 Å². The van der Waals surface area contributed by atoms with Crippen molar-refractivity contribution in [1.29, 1.82) is 0 Å². The third-order valence-corrected chi connectivity index (χ3v) is 4.96. The van der Waals surface area contributed by atoms with Gasteiger partial charge >= 0.3 is 12.0 Å². The molecular formula is C16H27N3O4. The highest BCUT2D eigenvalue weighted by molar-refractivity contribution is 5.84. The molecule has 7 nitrogen and oxygen atoms in total. The molecule has 2 fully saturated rings. The molecule has 0 aromatic carbocycles. The van der Waals surface area contributed by atoms with E-state index in [1.165, 1.54) is 11.3 Å². The maximum atomic E-state index is 12.2. The smallest absolute Gasteiger partial charge is 0.317 e. The number of likely N-dealkylation sites (N-methyl/N-ethyl adjacent to an activating group) is 1. The second-order valence-corrected chi connectivity index (χ2v) is 6.58. The van der Waals surface area contributed by atoms with Crippen molar-refractivity contribution in [3.8, 4) is 0 Å². The van der Waals surface area contributed by atoms with Gasteiger partial charge in [-0.2, -0.15) is 0 Å². The molecule has 3 amide bonds. The summed E-state index contributed by atoms with van der Waals surface area (Å²) in [7, 11) is 1.80. The third-order valence-electron chi connectivity index (χ3n) is 4.96. The lowest BCUT2D eigenvalue weighted by atomic mass is 9.94. The van der Waals surface area contributed by atoms with Gasteiger partial charge < -0.3 is 20.2 Å². The summed E-state index contributed by atoms with van der Waals surface area (Å²) in [6, 6.07) is -0.0686. The van der Waals surface area contributed by atoms with Crippen molar-refractivity contribution >= 4 is 17.9 Å². The van der Waals surface area contributed by atoms with E-state index in [2.05, 4.69) is 5.32 Å². The van der Waals surface area contributed by atoms with Crippen LogP contribution in [-0.4, -0.2) is 65.5 Å². The first kappa shape index (κ1) is 17.6. The van der Waals surface area contributed by atoms with Crippen LogP contribution in [0.15, 0.2) is 0 Å². The molecule has 1 heterocycles. The van der Waals surface area contributed by atoms with E-state index in [0.717, 1.165) is 25.7 Å². The zero-order chi connectivity index (χ0) is 16.8. The molecule has 2 aliphatic rings. The van der Waals surface area contributed by atoms with Crippen LogP contribution in [0, 0.1) is 5.92 Å². The van der Waals surface area contributed by atoms with Crippen LogP contribution >= 0.6 is 0 Å². The molecular weight excluding hydrogens is 298 g/mol. The standard InChI is InChI=1S/C16H27N3O4/c1-18(13-7-3-2-4-8-13)14(20)10-17-16(23)19-9-5-6-12(11-19)15(21)22/h12-13H,2-11H2,1H3,(H,17,23)(H,21,22). The molecule has 1 saturated heterocycles. The van der Waals surface area contributed by atoms with Gasteiger partial charge in [0.15, 0.2) is 0 Å². The minimum absolute atomic E-state index is 0.0277. The van der Waals surface area contributed by atoms with Crippen molar-refractivity contribution in [2.45, 2.75) is 51.0 Å². The van der Waals surface area contributed by atoms with Crippen molar-refractivity contribution in [3.63, 3.8) is 0 Å². The first-order chi connectivity index (χ1) is 11.0. The quantitative estimate of drug-likeness (QED) is 0.815. The van der Waals surface area contributed by atoms with E-state index >= 15 is 0 Å². The first-order valence-electron chi connectivity index (χ1n) is 8.50. The summed E-state index contributed by atoms with van der Waals surface area (Å²) in [5.74, 6) is -1.46. The molecule has 1 aliphatic carbocycles. The molecule has 0 aromatic heterocycles. The van der Waals surface area contributed by atoms with E-state index in [4.69, 9.17) is 5.11 Å². The Labute approximate surface area is 137 Å². The zero-order valence-corrected chi connectivity index (χ0v) is 13.8. The average molecular weight is 325 g/mol. The number of amides is 3. The highest BCUT2D eigenvalue weighted by Gasteiger charge is 2.28. The minimum atomic E-state index is -0.865. The molecule has 7 heteroatoms. The van der Waals surface area contributed by atoms with E-state index < -0.39 is 11.9 Å². The van der Waals surface area contributed by atoms with Crippen molar-refractivity contribution < 1.29 is 19.5 Å². The van der Waals surface area contributed by atoms with Crippen LogP contribution in [0.4, 0.5) is 4.79 Å². The number of aliphatic carboxylic acids is 1. The van der Waals surface area contributed by atoms with Gasteiger partial charge in [-0.3, -0.25) is 9.59 Å². The Morgan fingerprint density at radius 3 is 2.48 bits per heavy atom. The number of hydrogen-bond donors (Lipinski definition) is 2. The summed E-state index contributed by atoms with van der Waals surface area (Å²) in [4.78, 5) is 38.6. The van der Waals surface area contributed by atoms with Gasteiger partial charge in [-0.15, -0.1) is 0 Å². The van der Waals surface area contributed by atoms with E-state index in [1.54, 1.807) is 11.9 Å². The van der Waals surface area contributed by atoms with Gasteiger partial charge in [0.2, 0.25) is 5.91 Å². The van der Waals surface area contributed by atoms with Gasteiger partial charge in [0.1, 0.15) is 0 Å². The maximum Gasteiger partial charge on any atom is 0.317 e. The van der Waals surface area contributed by atoms with Gasteiger partial charge in [-0.25, -0.2) is 4.79 Å². The minimum Gasteiger partial charge on any atom is -0.481 e. The Morgan fingerprint density at radius 1 is 1.13 bits per heavy atom.